The van der Waals surface area contributed by atoms with Crippen molar-refractivity contribution in [3.8, 4) is 5.75 Å². The molecule has 5 nitrogen and oxygen atoms in total. The van der Waals surface area contributed by atoms with Gasteiger partial charge in [-0.15, -0.1) is 0 Å². The number of carbonyl (C=O) groups excluding carboxylic acids is 2. The van der Waals surface area contributed by atoms with E-state index in [1.54, 1.807) is 31.4 Å². The molecule has 0 bridgehead atoms. The Bertz CT molecular complexity index is 1060. The minimum Gasteiger partial charge on any atom is -0.497 e. The highest BCUT2D eigenvalue weighted by molar-refractivity contribution is 6.05. The van der Waals surface area contributed by atoms with Crippen molar-refractivity contribution in [2.75, 3.05) is 19.0 Å². The van der Waals surface area contributed by atoms with Gasteiger partial charge in [-0.05, 0) is 67.3 Å². The highest BCUT2D eigenvalue weighted by atomic mass is 19.1. The largest absolute Gasteiger partial charge is 0.497 e. The highest BCUT2D eigenvalue weighted by Gasteiger charge is 2.14. The quantitative estimate of drug-likeness (QED) is 0.517. The minimum absolute atomic E-state index is 0.0460. The predicted molar refractivity (Wildman–Crippen MR) is 119 cm³/mol. The van der Waals surface area contributed by atoms with E-state index in [1.807, 2.05) is 31.2 Å². The second kappa shape index (κ2) is 10.4. The summed E-state index contributed by atoms with van der Waals surface area (Å²) < 4.78 is 19.0. The lowest BCUT2D eigenvalue weighted by Crippen LogP contribution is -2.25. The third-order valence-electron chi connectivity index (χ3n) is 4.95. The number of carbonyl (C=O) groups is 2. The summed E-state index contributed by atoms with van der Waals surface area (Å²) in [4.78, 5) is 24.9. The van der Waals surface area contributed by atoms with Crippen LogP contribution in [0.4, 0.5) is 10.1 Å². The fraction of sp³-hybridized carbons (Fsp3) is 0.200. The van der Waals surface area contributed by atoms with Crippen LogP contribution in [0.25, 0.3) is 0 Å². The minimum atomic E-state index is -0.594. The van der Waals surface area contributed by atoms with Crippen LogP contribution in [-0.2, 0) is 6.42 Å². The lowest BCUT2D eigenvalue weighted by Gasteiger charge is -2.12. The van der Waals surface area contributed by atoms with Crippen LogP contribution in [-0.4, -0.2) is 25.5 Å². The van der Waals surface area contributed by atoms with Gasteiger partial charge in [-0.1, -0.05) is 30.3 Å². The first-order valence-corrected chi connectivity index (χ1v) is 10.1. The summed E-state index contributed by atoms with van der Waals surface area (Å²) in [5.74, 6) is -0.563. The van der Waals surface area contributed by atoms with Gasteiger partial charge in [0.25, 0.3) is 11.8 Å². The molecular weight excluding hydrogens is 395 g/mol. The zero-order valence-corrected chi connectivity index (χ0v) is 17.6. The van der Waals surface area contributed by atoms with Crippen molar-refractivity contribution in [2.24, 2.45) is 0 Å². The van der Waals surface area contributed by atoms with E-state index in [-0.39, 0.29) is 11.5 Å². The summed E-state index contributed by atoms with van der Waals surface area (Å²) in [6.07, 6.45) is 1.63. The maximum Gasteiger partial charge on any atom is 0.258 e. The molecule has 0 aliphatic carbocycles. The zero-order chi connectivity index (χ0) is 22.2. The smallest absolute Gasteiger partial charge is 0.258 e. The Balaban J connectivity index is 1.56. The van der Waals surface area contributed by atoms with Crippen LogP contribution in [0.5, 0.6) is 5.75 Å². The molecule has 0 saturated carbocycles. The Hall–Kier alpha value is -3.67. The molecule has 0 aromatic heterocycles. The van der Waals surface area contributed by atoms with Crippen LogP contribution in [0.15, 0.2) is 66.7 Å². The number of halogens is 1. The van der Waals surface area contributed by atoms with E-state index in [4.69, 9.17) is 4.74 Å². The van der Waals surface area contributed by atoms with E-state index in [0.29, 0.717) is 17.8 Å². The summed E-state index contributed by atoms with van der Waals surface area (Å²) in [7, 11) is 1.63. The van der Waals surface area contributed by atoms with Gasteiger partial charge >= 0.3 is 0 Å². The Morgan fingerprint density at radius 1 is 0.968 bits per heavy atom. The second-order valence-corrected chi connectivity index (χ2v) is 7.17. The molecule has 0 unspecified atom stereocenters. The van der Waals surface area contributed by atoms with E-state index >= 15 is 0 Å². The number of aryl methyl sites for hydroxylation is 2. The molecule has 160 valence electrons. The van der Waals surface area contributed by atoms with Crippen LogP contribution in [0.3, 0.4) is 0 Å². The number of anilines is 1. The van der Waals surface area contributed by atoms with Crippen LogP contribution in [0.1, 0.15) is 38.3 Å². The molecule has 31 heavy (non-hydrogen) atoms. The van der Waals surface area contributed by atoms with Gasteiger partial charge in [-0.3, -0.25) is 9.59 Å². The van der Waals surface area contributed by atoms with Crippen LogP contribution >= 0.6 is 0 Å². The van der Waals surface area contributed by atoms with Gasteiger partial charge in [0.05, 0.1) is 12.7 Å². The van der Waals surface area contributed by atoms with Crippen LogP contribution < -0.4 is 15.4 Å². The lowest BCUT2D eigenvalue weighted by molar-refractivity contribution is 0.0951. The van der Waals surface area contributed by atoms with Crippen molar-refractivity contribution in [3.63, 3.8) is 0 Å². The molecule has 0 spiro atoms. The van der Waals surface area contributed by atoms with Crippen molar-refractivity contribution >= 4 is 17.5 Å². The van der Waals surface area contributed by atoms with Crippen LogP contribution in [0.2, 0.25) is 0 Å². The van der Waals surface area contributed by atoms with Gasteiger partial charge in [0.2, 0.25) is 0 Å². The molecule has 0 radical (unpaired) electrons. The van der Waals surface area contributed by atoms with E-state index < -0.39 is 11.7 Å². The number of nitrogens with one attached hydrogen (secondary N) is 2. The Morgan fingerprint density at radius 3 is 2.42 bits per heavy atom. The van der Waals surface area contributed by atoms with E-state index in [2.05, 4.69) is 10.6 Å². The van der Waals surface area contributed by atoms with Crippen molar-refractivity contribution < 1.29 is 18.7 Å². The third kappa shape index (κ3) is 5.92. The van der Waals surface area contributed by atoms with Gasteiger partial charge in [0, 0.05) is 17.8 Å². The lowest BCUT2D eigenvalue weighted by atomic mass is 10.1. The fourth-order valence-corrected chi connectivity index (χ4v) is 3.12. The SMILES string of the molecule is COc1ccc(CCCNC(=O)c2ccc(C)c(NC(=O)c3ccccc3F)c2)cc1. The summed E-state index contributed by atoms with van der Waals surface area (Å²) in [6, 6.07) is 18.7. The molecule has 2 N–H and O–H groups in total. The number of rotatable bonds is 8. The molecule has 2 amide bonds. The van der Waals surface area contributed by atoms with Gasteiger partial charge < -0.3 is 15.4 Å². The van der Waals surface area contributed by atoms with Crippen molar-refractivity contribution in [3.05, 3.63) is 94.8 Å². The maximum absolute atomic E-state index is 13.9. The van der Waals surface area contributed by atoms with Gasteiger partial charge in [-0.2, -0.15) is 0 Å². The summed E-state index contributed by atoms with van der Waals surface area (Å²) in [6.45, 7) is 2.34. The first-order valence-electron chi connectivity index (χ1n) is 10.1. The summed E-state index contributed by atoms with van der Waals surface area (Å²) >= 11 is 0. The molecule has 0 aliphatic rings. The Labute approximate surface area is 181 Å². The summed E-state index contributed by atoms with van der Waals surface area (Å²) in [5.41, 5.74) is 2.80. The van der Waals surface area contributed by atoms with E-state index in [1.165, 1.54) is 23.8 Å². The van der Waals surface area contributed by atoms with Crippen molar-refractivity contribution in [1.82, 2.24) is 5.32 Å². The molecule has 0 aliphatic heterocycles. The van der Waals surface area contributed by atoms with Gasteiger partial charge in [0.15, 0.2) is 0 Å². The topological polar surface area (TPSA) is 67.4 Å². The van der Waals surface area contributed by atoms with E-state index in [9.17, 15) is 14.0 Å². The number of methoxy groups -OCH3 is 1. The first kappa shape index (κ1) is 22.0. The van der Waals surface area contributed by atoms with Crippen molar-refractivity contribution in [1.29, 1.82) is 0 Å². The Kier molecular flexibility index (Phi) is 7.38. The zero-order valence-electron chi connectivity index (χ0n) is 17.6. The second-order valence-electron chi connectivity index (χ2n) is 7.17. The maximum atomic E-state index is 13.9. The first-order chi connectivity index (χ1) is 15.0. The molecule has 0 fully saturated rings. The number of hydrogen-bond acceptors (Lipinski definition) is 3. The van der Waals surface area contributed by atoms with Crippen molar-refractivity contribution in [2.45, 2.75) is 19.8 Å². The predicted octanol–water partition coefficient (Wildman–Crippen LogP) is 4.76. The number of ether oxygens (including phenoxy) is 1. The standard InChI is InChI=1S/C25H25FN2O3/c1-17-9-12-19(16-23(17)28-25(30)21-7-3-4-8-22(21)26)24(29)27-15-5-6-18-10-13-20(31-2)14-11-18/h3-4,7-14,16H,5-6,15H2,1-2H3,(H,27,29)(H,28,30). The third-order valence-corrected chi connectivity index (χ3v) is 4.95. The molecule has 3 aromatic carbocycles. The molecule has 3 rings (SSSR count). The monoisotopic (exact) mass is 420 g/mol. The number of benzene rings is 3. The average Bonchev–Trinajstić information content (AvgIpc) is 2.78. The molecule has 0 atom stereocenters. The van der Waals surface area contributed by atoms with E-state index in [0.717, 1.165) is 24.2 Å². The molecule has 0 saturated heterocycles. The Morgan fingerprint density at radius 2 is 1.71 bits per heavy atom. The fourth-order valence-electron chi connectivity index (χ4n) is 3.12. The average molecular weight is 420 g/mol. The normalized spacial score (nSPS) is 10.4. The molecule has 3 aromatic rings. The molecule has 6 heteroatoms. The van der Waals surface area contributed by atoms with Crippen LogP contribution in [0, 0.1) is 12.7 Å². The number of hydrogen-bond donors (Lipinski definition) is 2. The summed E-state index contributed by atoms with van der Waals surface area (Å²) in [5, 5.41) is 5.59. The van der Waals surface area contributed by atoms with Gasteiger partial charge in [0.1, 0.15) is 11.6 Å². The molecular formula is C25H25FN2O3. The molecule has 0 heterocycles. The number of amides is 2. The highest BCUT2D eigenvalue weighted by Crippen LogP contribution is 2.19. The van der Waals surface area contributed by atoms with Gasteiger partial charge in [-0.25, -0.2) is 4.39 Å².